The van der Waals surface area contributed by atoms with Crippen molar-refractivity contribution < 1.29 is 13.2 Å². The summed E-state index contributed by atoms with van der Waals surface area (Å²) >= 11 is 3.36. The van der Waals surface area contributed by atoms with E-state index in [9.17, 15) is 13.2 Å². The molecule has 0 saturated heterocycles. The van der Waals surface area contributed by atoms with Crippen LogP contribution >= 0.6 is 15.9 Å². The van der Waals surface area contributed by atoms with Crippen molar-refractivity contribution in [2.24, 2.45) is 0 Å². The molecule has 0 N–H and O–H groups in total. The maximum Gasteiger partial charge on any atom is 0.223 e. The number of amides is 1. The van der Waals surface area contributed by atoms with E-state index in [0.717, 1.165) is 10.0 Å². The molecular formula is C17H18BrNO3S. The highest BCUT2D eigenvalue weighted by atomic mass is 79.9. The van der Waals surface area contributed by atoms with Crippen LogP contribution in [0.3, 0.4) is 0 Å². The fourth-order valence-electron chi connectivity index (χ4n) is 2.11. The number of hydrogen-bond acceptors (Lipinski definition) is 3. The normalized spacial score (nSPS) is 11.2. The second-order valence-electron chi connectivity index (χ2n) is 5.26. The van der Waals surface area contributed by atoms with Crippen molar-refractivity contribution in [2.45, 2.75) is 17.9 Å². The topological polar surface area (TPSA) is 54.5 Å². The van der Waals surface area contributed by atoms with Gasteiger partial charge in [-0.2, -0.15) is 0 Å². The lowest BCUT2D eigenvalue weighted by molar-refractivity contribution is -0.130. The Morgan fingerprint density at radius 2 is 1.65 bits per heavy atom. The van der Waals surface area contributed by atoms with Gasteiger partial charge in [-0.1, -0.05) is 46.3 Å². The van der Waals surface area contributed by atoms with E-state index < -0.39 is 9.84 Å². The molecule has 0 aromatic heterocycles. The van der Waals surface area contributed by atoms with Gasteiger partial charge >= 0.3 is 0 Å². The quantitative estimate of drug-likeness (QED) is 0.753. The molecule has 0 fully saturated rings. The van der Waals surface area contributed by atoms with Gasteiger partial charge < -0.3 is 4.90 Å². The number of sulfone groups is 1. The number of rotatable bonds is 6. The zero-order valence-corrected chi connectivity index (χ0v) is 15.2. The molecule has 0 saturated carbocycles. The van der Waals surface area contributed by atoms with Crippen LogP contribution in [0.4, 0.5) is 0 Å². The third-order valence-corrected chi connectivity index (χ3v) is 5.71. The molecule has 2 aromatic rings. The Bertz CT molecular complexity index is 758. The Kier molecular flexibility index (Phi) is 5.96. The van der Waals surface area contributed by atoms with Gasteiger partial charge in [-0.25, -0.2) is 8.42 Å². The van der Waals surface area contributed by atoms with E-state index in [1.807, 2.05) is 24.3 Å². The standard InChI is InChI=1S/C17H18BrNO3S/c1-19(13-14-7-9-15(18)10-8-14)17(20)11-12-23(21,22)16-5-3-2-4-6-16/h2-10H,11-13H2,1H3. The van der Waals surface area contributed by atoms with E-state index in [0.29, 0.717) is 6.54 Å². The second-order valence-corrected chi connectivity index (χ2v) is 8.28. The van der Waals surface area contributed by atoms with E-state index >= 15 is 0 Å². The molecule has 0 heterocycles. The van der Waals surface area contributed by atoms with Gasteiger partial charge in [0.1, 0.15) is 0 Å². The van der Waals surface area contributed by atoms with Gasteiger partial charge in [0.05, 0.1) is 10.6 Å². The van der Waals surface area contributed by atoms with Crippen LogP contribution in [0.1, 0.15) is 12.0 Å². The second kappa shape index (κ2) is 7.75. The fraction of sp³-hybridized carbons (Fsp3) is 0.235. The number of hydrogen-bond donors (Lipinski definition) is 0. The first-order valence-electron chi connectivity index (χ1n) is 7.15. The molecule has 122 valence electrons. The zero-order chi connectivity index (χ0) is 16.9. The van der Waals surface area contributed by atoms with Crippen LogP contribution in [-0.2, 0) is 21.2 Å². The van der Waals surface area contributed by atoms with Gasteiger partial charge in [0.2, 0.25) is 5.91 Å². The molecule has 23 heavy (non-hydrogen) atoms. The van der Waals surface area contributed by atoms with Crippen LogP contribution < -0.4 is 0 Å². The molecule has 0 aliphatic heterocycles. The smallest absolute Gasteiger partial charge is 0.223 e. The number of benzene rings is 2. The van der Waals surface area contributed by atoms with E-state index in [1.54, 1.807) is 42.3 Å². The zero-order valence-electron chi connectivity index (χ0n) is 12.8. The van der Waals surface area contributed by atoms with Crippen molar-refractivity contribution in [2.75, 3.05) is 12.8 Å². The maximum atomic E-state index is 12.2. The number of nitrogens with zero attached hydrogens (tertiary/aromatic N) is 1. The van der Waals surface area contributed by atoms with Crippen LogP contribution in [0.2, 0.25) is 0 Å². The lowest BCUT2D eigenvalue weighted by Crippen LogP contribution is -2.28. The summed E-state index contributed by atoms with van der Waals surface area (Å²) in [5.41, 5.74) is 0.995. The van der Waals surface area contributed by atoms with Crippen molar-refractivity contribution in [3.05, 3.63) is 64.6 Å². The largest absolute Gasteiger partial charge is 0.341 e. The third-order valence-electron chi connectivity index (χ3n) is 3.45. The van der Waals surface area contributed by atoms with E-state index in [4.69, 9.17) is 0 Å². The van der Waals surface area contributed by atoms with Crippen molar-refractivity contribution in [3.8, 4) is 0 Å². The van der Waals surface area contributed by atoms with Gasteiger partial charge in [-0.3, -0.25) is 4.79 Å². The molecule has 0 atom stereocenters. The SMILES string of the molecule is CN(Cc1ccc(Br)cc1)C(=O)CCS(=O)(=O)c1ccccc1. The van der Waals surface area contributed by atoms with E-state index in [1.165, 1.54) is 0 Å². The van der Waals surface area contributed by atoms with Gasteiger partial charge in [0, 0.05) is 24.5 Å². The minimum atomic E-state index is -3.42. The summed E-state index contributed by atoms with van der Waals surface area (Å²) in [5.74, 6) is -0.368. The first-order valence-corrected chi connectivity index (χ1v) is 9.59. The Morgan fingerprint density at radius 1 is 1.04 bits per heavy atom. The molecule has 0 radical (unpaired) electrons. The number of carbonyl (C=O) groups excluding carboxylic acids is 1. The molecule has 0 spiro atoms. The van der Waals surface area contributed by atoms with Crippen LogP contribution in [0.25, 0.3) is 0 Å². The summed E-state index contributed by atoms with van der Waals surface area (Å²) in [4.78, 5) is 13.9. The van der Waals surface area contributed by atoms with Gasteiger partial charge in [-0.15, -0.1) is 0 Å². The van der Waals surface area contributed by atoms with E-state index in [2.05, 4.69) is 15.9 Å². The summed E-state index contributed by atoms with van der Waals surface area (Å²) in [5, 5.41) is 0. The van der Waals surface area contributed by atoms with Crippen molar-refractivity contribution >= 4 is 31.7 Å². The number of carbonyl (C=O) groups is 1. The Labute approximate surface area is 145 Å². The Morgan fingerprint density at radius 3 is 2.26 bits per heavy atom. The number of halogens is 1. The predicted octanol–water partition coefficient (Wildman–Crippen LogP) is 3.27. The average Bonchev–Trinajstić information content (AvgIpc) is 2.55. The monoisotopic (exact) mass is 395 g/mol. The molecule has 4 nitrogen and oxygen atoms in total. The highest BCUT2D eigenvalue weighted by Crippen LogP contribution is 2.14. The molecule has 0 bridgehead atoms. The summed E-state index contributed by atoms with van der Waals surface area (Å²) in [6.45, 7) is 0.456. The summed E-state index contributed by atoms with van der Waals surface area (Å²) in [7, 11) is -1.74. The Balaban J connectivity index is 1.92. The van der Waals surface area contributed by atoms with Gasteiger partial charge in [-0.05, 0) is 29.8 Å². The van der Waals surface area contributed by atoms with Gasteiger partial charge in [0.15, 0.2) is 9.84 Å². The van der Waals surface area contributed by atoms with Crippen LogP contribution in [-0.4, -0.2) is 32.0 Å². The van der Waals surface area contributed by atoms with Crippen molar-refractivity contribution in [3.63, 3.8) is 0 Å². The van der Waals surface area contributed by atoms with Crippen molar-refractivity contribution in [1.29, 1.82) is 0 Å². The van der Waals surface area contributed by atoms with Crippen LogP contribution in [0, 0.1) is 0 Å². The fourth-order valence-corrected chi connectivity index (χ4v) is 3.63. The lowest BCUT2D eigenvalue weighted by Gasteiger charge is -2.17. The summed E-state index contributed by atoms with van der Waals surface area (Å²) in [6.07, 6.45) is -0.0236. The van der Waals surface area contributed by atoms with E-state index in [-0.39, 0.29) is 23.0 Å². The molecule has 0 aliphatic carbocycles. The van der Waals surface area contributed by atoms with Gasteiger partial charge in [0.25, 0.3) is 0 Å². The highest BCUT2D eigenvalue weighted by molar-refractivity contribution is 9.10. The molecule has 0 unspecified atom stereocenters. The molecule has 0 aliphatic rings. The predicted molar refractivity (Wildman–Crippen MR) is 93.7 cm³/mol. The Hall–Kier alpha value is -1.66. The lowest BCUT2D eigenvalue weighted by atomic mass is 10.2. The highest BCUT2D eigenvalue weighted by Gasteiger charge is 2.18. The minimum Gasteiger partial charge on any atom is -0.341 e. The minimum absolute atomic E-state index is 0.0236. The first-order chi connectivity index (χ1) is 10.9. The maximum absolute atomic E-state index is 12.2. The third kappa shape index (κ3) is 5.18. The summed E-state index contributed by atoms with van der Waals surface area (Å²) < 4.78 is 25.3. The van der Waals surface area contributed by atoms with Crippen LogP contribution in [0.5, 0.6) is 0 Å². The van der Waals surface area contributed by atoms with Crippen molar-refractivity contribution in [1.82, 2.24) is 4.90 Å². The molecular weight excluding hydrogens is 378 g/mol. The molecule has 1 amide bonds. The summed E-state index contributed by atoms with van der Waals surface area (Å²) in [6, 6.07) is 15.9. The molecule has 2 rings (SSSR count). The first kappa shape index (κ1) is 17.7. The molecule has 2 aromatic carbocycles. The van der Waals surface area contributed by atoms with Crippen LogP contribution in [0.15, 0.2) is 64.0 Å². The molecule has 6 heteroatoms. The average molecular weight is 396 g/mol.